The maximum absolute atomic E-state index is 12.2. The minimum atomic E-state index is -1.03. The van der Waals surface area contributed by atoms with Gasteiger partial charge in [-0.2, -0.15) is 5.26 Å². The summed E-state index contributed by atoms with van der Waals surface area (Å²) >= 11 is 0. The SMILES string of the molecule is CC1CC(C#N)(OC(=O)c2ccccc2)C(C)CN1C. The topological polar surface area (TPSA) is 53.3 Å². The van der Waals surface area contributed by atoms with Crippen LogP contribution in [0.1, 0.15) is 30.6 Å². The van der Waals surface area contributed by atoms with E-state index in [1.165, 1.54) is 0 Å². The molecule has 0 aromatic heterocycles. The molecule has 3 atom stereocenters. The van der Waals surface area contributed by atoms with Gasteiger partial charge in [0.15, 0.2) is 0 Å². The molecule has 1 fully saturated rings. The van der Waals surface area contributed by atoms with Crippen LogP contribution in [0, 0.1) is 17.2 Å². The molecular formula is C16H20N2O2. The molecule has 1 saturated heterocycles. The molecule has 4 heteroatoms. The van der Waals surface area contributed by atoms with Gasteiger partial charge in [-0.15, -0.1) is 0 Å². The smallest absolute Gasteiger partial charge is 0.339 e. The van der Waals surface area contributed by atoms with Crippen molar-refractivity contribution in [3.05, 3.63) is 35.9 Å². The lowest BCUT2D eigenvalue weighted by Gasteiger charge is -2.43. The van der Waals surface area contributed by atoms with E-state index < -0.39 is 11.6 Å². The van der Waals surface area contributed by atoms with Crippen molar-refractivity contribution in [3.8, 4) is 6.07 Å². The Bertz CT molecular complexity index is 523. The molecule has 106 valence electrons. The number of rotatable bonds is 2. The average molecular weight is 272 g/mol. The number of likely N-dealkylation sites (tertiary alicyclic amines) is 1. The van der Waals surface area contributed by atoms with Crippen molar-refractivity contribution in [1.82, 2.24) is 4.90 Å². The fourth-order valence-electron chi connectivity index (χ4n) is 2.67. The van der Waals surface area contributed by atoms with Gasteiger partial charge >= 0.3 is 5.97 Å². The highest BCUT2D eigenvalue weighted by atomic mass is 16.6. The van der Waals surface area contributed by atoms with E-state index in [-0.39, 0.29) is 12.0 Å². The first-order chi connectivity index (χ1) is 9.48. The Morgan fingerprint density at radius 3 is 2.65 bits per heavy atom. The van der Waals surface area contributed by atoms with E-state index in [2.05, 4.69) is 11.0 Å². The molecule has 0 radical (unpaired) electrons. The lowest BCUT2D eigenvalue weighted by Crippen LogP contribution is -2.54. The van der Waals surface area contributed by atoms with Crippen LogP contribution in [0.4, 0.5) is 0 Å². The average Bonchev–Trinajstić information content (AvgIpc) is 2.45. The molecule has 1 heterocycles. The Kier molecular flexibility index (Phi) is 4.10. The molecule has 1 aromatic carbocycles. The van der Waals surface area contributed by atoms with E-state index >= 15 is 0 Å². The van der Waals surface area contributed by atoms with E-state index in [0.29, 0.717) is 12.0 Å². The maximum atomic E-state index is 12.2. The number of piperidine rings is 1. The van der Waals surface area contributed by atoms with Gasteiger partial charge in [-0.1, -0.05) is 25.1 Å². The summed E-state index contributed by atoms with van der Waals surface area (Å²) in [4.78, 5) is 14.4. The minimum Gasteiger partial charge on any atom is -0.440 e. The highest BCUT2D eigenvalue weighted by Gasteiger charge is 2.46. The summed E-state index contributed by atoms with van der Waals surface area (Å²) in [7, 11) is 2.03. The van der Waals surface area contributed by atoms with Gasteiger partial charge in [-0.05, 0) is 26.1 Å². The Hall–Kier alpha value is -1.86. The number of benzene rings is 1. The van der Waals surface area contributed by atoms with Gasteiger partial charge < -0.3 is 9.64 Å². The van der Waals surface area contributed by atoms with E-state index in [9.17, 15) is 10.1 Å². The van der Waals surface area contributed by atoms with Gasteiger partial charge in [-0.25, -0.2) is 4.79 Å². The molecule has 1 aliphatic heterocycles. The summed E-state index contributed by atoms with van der Waals surface area (Å²) in [5.74, 6) is -0.433. The van der Waals surface area contributed by atoms with Crippen LogP contribution in [-0.2, 0) is 4.74 Å². The third kappa shape index (κ3) is 2.68. The summed E-state index contributed by atoms with van der Waals surface area (Å²) in [6.07, 6.45) is 0.541. The zero-order valence-electron chi connectivity index (χ0n) is 12.2. The second-order valence-corrected chi connectivity index (χ2v) is 5.65. The van der Waals surface area contributed by atoms with Crippen LogP contribution in [0.25, 0.3) is 0 Å². The normalized spacial score (nSPS) is 30.5. The Morgan fingerprint density at radius 1 is 1.40 bits per heavy atom. The van der Waals surface area contributed by atoms with Crippen molar-refractivity contribution in [2.75, 3.05) is 13.6 Å². The minimum absolute atomic E-state index is 0.0126. The van der Waals surface area contributed by atoms with E-state index in [1.807, 2.05) is 27.0 Å². The Morgan fingerprint density at radius 2 is 2.05 bits per heavy atom. The van der Waals surface area contributed by atoms with Crippen molar-refractivity contribution in [2.45, 2.75) is 31.9 Å². The van der Waals surface area contributed by atoms with Crippen LogP contribution >= 0.6 is 0 Å². The number of hydrogen-bond acceptors (Lipinski definition) is 4. The van der Waals surface area contributed by atoms with Crippen LogP contribution < -0.4 is 0 Å². The van der Waals surface area contributed by atoms with Crippen molar-refractivity contribution in [2.24, 2.45) is 5.92 Å². The maximum Gasteiger partial charge on any atom is 0.339 e. The quantitative estimate of drug-likeness (QED) is 0.776. The second-order valence-electron chi connectivity index (χ2n) is 5.65. The van der Waals surface area contributed by atoms with E-state index in [0.717, 1.165) is 6.54 Å². The number of carbonyl (C=O) groups is 1. The molecule has 0 bridgehead atoms. The largest absolute Gasteiger partial charge is 0.440 e. The number of nitriles is 1. The highest BCUT2D eigenvalue weighted by Crippen LogP contribution is 2.34. The van der Waals surface area contributed by atoms with Crippen molar-refractivity contribution in [3.63, 3.8) is 0 Å². The van der Waals surface area contributed by atoms with E-state index in [1.54, 1.807) is 24.3 Å². The van der Waals surface area contributed by atoms with Crippen LogP contribution in [0.15, 0.2) is 30.3 Å². The summed E-state index contributed by atoms with van der Waals surface area (Å²) in [5, 5.41) is 9.57. The Labute approximate surface area is 120 Å². The number of hydrogen-bond donors (Lipinski definition) is 0. The molecule has 0 aliphatic carbocycles. The van der Waals surface area contributed by atoms with Gasteiger partial charge in [0, 0.05) is 24.9 Å². The van der Waals surface area contributed by atoms with Crippen LogP contribution in [0.3, 0.4) is 0 Å². The van der Waals surface area contributed by atoms with Gasteiger partial charge in [0.05, 0.1) is 5.56 Å². The molecule has 0 N–H and O–H groups in total. The van der Waals surface area contributed by atoms with Crippen LogP contribution in [-0.4, -0.2) is 36.1 Å². The van der Waals surface area contributed by atoms with Gasteiger partial charge in [0.2, 0.25) is 5.60 Å². The third-order valence-electron chi connectivity index (χ3n) is 4.18. The molecule has 3 unspecified atom stereocenters. The number of nitrogens with zero attached hydrogens (tertiary/aromatic N) is 2. The molecule has 0 amide bonds. The van der Waals surface area contributed by atoms with Gasteiger partial charge in [0.1, 0.15) is 6.07 Å². The molecule has 4 nitrogen and oxygen atoms in total. The first-order valence-corrected chi connectivity index (χ1v) is 6.88. The molecular weight excluding hydrogens is 252 g/mol. The van der Waals surface area contributed by atoms with Crippen LogP contribution in [0.2, 0.25) is 0 Å². The fourth-order valence-corrected chi connectivity index (χ4v) is 2.67. The number of carbonyl (C=O) groups excluding carboxylic acids is 1. The monoisotopic (exact) mass is 272 g/mol. The predicted molar refractivity (Wildman–Crippen MR) is 76.1 cm³/mol. The fraction of sp³-hybridized carbons (Fsp3) is 0.500. The number of ether oxygens (including phenoxy) is 1. The van der Waals surface area contributed by atoms with Crippen molar-refractivity contribution >= 4 is 5.97 Å². The standard InChI is InChI=1S/C16H20N2O2/c1-12-10-18(3)13(2)9-16(12,11-17)20-15(19)14-7-5-4-6-8-14/h4-8,12-13H,9-10H2,1-3H3. The van der Waals surface area contributed by atoms with Gasteiger partial charge in [-0.3, -0.25) is 0 Å². The van der Waals surface area contributed by atoms with Crippen LogP contribution in [0.5, 0.6) is 0 Å². The predicted octanol–water partition coefficient (Wildman–Crippen LogP) is 2.47. The first-order valence-electron chi connectivity index (χ1n) is 6.88. The molecule has 20 heavy (non-hydrogen) atoms. The lowest BCUT2D eigenvalue weighted by molar-refractivity contribution is -0.0594. The van der Waals surface area contributed by atoms with Gasteiger partial charge in [0.25, 0.3) is 0 Å². The summed E-state index contributed by atoms with van der Waals surface area (Å²) in [5.41, 5.74) is -0.542. The highest BCUT2D eigenvalue weighted by molar-refractivity contribution is 5.89. The molecule has 2 rings (SSSR count). The van der Waals surface area contributed by atoms with Crippen molar-refractivity contribution in [1.29, 1.82) is 5.26 Å². The summed E-state index contributed by atoms with van der Waals surface area (Å²) in [6, 6.07) is 11.3. The molecule has 0 spiro atoms. The zero-order chi connectivity index (χ0) is 14.8. The van der Waals surface area contributed by atoms with Crippen molar-refractivity contribution < 1.29 is 9.53 Å². The lowest BCUT2D eigenvalue weighted by atomic mass is 9.80. The summed E-state index contributed by atoms with van der Waals surface area (Å²) < 4.78 is 5.62. The Balaban J connectivity index is 2.20. The first kappa shape index (κ1) is 14.5. The van der Waals surface area contributed by atoms with E-state index in [4.69, 9.17) is 4.74 Å². The second kappa shape index (κ2) is 5.64. The summed E-state index contributed by atoms with van der Waals surface area (Å²) in [6.45, 7) is 4.76. The molecule has 0 saturated carbocycles. The third-order valence-corrected chi connectivity index (χ3v) is 4.18. The molecule has 1 aliphatic rings. The zero-order valence-corrected chi connectivity index (χ0v) is 12.2. The number of esters is 1. The molecule has 1 aromatic rings.